The zero-order chi connectivity index (χ0) is 18.9. The standard InChI is InChI=1S/C19H17Cl2N3O3/c1-12-10-25-19(27-12,9-18-22-11-23-24-18)16-7-6-15(8-17(16)21)26-14-4-2-13(20)3-5-14/h2-8,11-12H,9-10H2,1H3,(H,22,23,24)/t12-,19-/m0/s1. The van der Waals surface area contributed by atoms with Crippen LogP contribution in [0.4, 0.5) is 0 Å². The van der Waals surface area contributed by atoms with Crippen molar-refractivity contribution >= 4 is 23.2 Å². The Morgan fingerprint density at radius 3 is 2.59 bits per heavy atom. The minimum Gasteiger partial charge on any atom is -0.457 e. The first kappa shape index (κ1) is 18.3. The molecule has 1 aromatic heterocycles. The largest absolute Gasteiger partial charge is 0.457 e. The molecule has 0 aliphatic carbocycles. The molecule has 0 radical (unpaired) electrons. The molecule has 2 atom stereocenters. The summed E-state index contributed by atoms with van der Waals surface area (Å²) in [5.74, 6) is 0.907. The lowest BCUT2D eigenvalue weighted by atomic mass is 10.0. The van der Waals surface area contributed by atoms with Gasteiger partial charge in [0.15, 0.2) is 0 Å². The summed E-state index contributed by atoms with van der Waals surface area (Å²) in [6, 6.07) is 12.5. The van der Waals surface area contributed by atoms with Crippen molar-refractivity contribution in [3.63, 3.8) is 0 Å². The predicted molar refractivity (Wildman–Crippen MR) is 101 cm³/mol. The summed E-state index contributed by atoms with van der Waals surface area (Å²) in [5, 5.41) is 7.86. The normalized spacial score (nSPS) is 22.1. The number of ether oxygens (including phenoxy) is 3. The first-order chi connectivity index (χ1) is 13.0. The Balaban J connectivity index is 1.62. The summed E-state index contributed by atoms with van der Waals surface area (Å²) in [4.78, 5) is 4.18. The van der Waals surface area contributed by atoms with Crippen molar-refractivity contribution in [2.45, 2.75) is 25.2 Å². The number of H-pyrrole nitrogens is 1. The fraction of sp³-hybridized carbons (Fsp3) is 0.263. The lowest BCUT2D eigenvalue weighted by molar-refractivity contribution is -0.175. The van der Waals surface area contributed by atoms with Crippen LogP contribution in [0.25, 0.3) is 0 Å². The summed E-state index contributed by atoms with van der Waals surface area (Å²) >= 11 is 12.5. The molecule has 3 aromatic rings. The Kier molecular flexibility index (Phi) is 5.06. The molecule has 0 saturated carbocycles. The van der Waals surface area contributed by atoms with E-state index in [-0.39, 0.29) is 6.10 Å². The van der Waals surface area contributed by atoms with E-state index >= 15 is 0 Å². The number of benzene rings is 2. The SMILES string of the molecule is C[C@H]1CO[C@](Cc2ncn[nH]2)(c2ccc(Oc3ccc(Cl)cc3)cc2Cl)O1. The zero-order valence-electron chi connectivity index (χ0n) is 14.5. The molecular formula is C19H17Cl2N3O3. The molecule has 1 N–H and O–H groups in total. The van der Waals surface area contributed by atoms with Gasteiger partial charge in [-0.05, 0) is 49.4 Å². The molecule has 8 heteroatoms. The average molecular weight is 406 g/mol. The van der Waals surface area contributed by atoms with Crippen molar-refractivity contribution in [2.75, 3.05) is 6.61 Å². The Hall–Kier alpha value is -2.12. The van der Waals surface area contributed by atoms with Gasteiger partial charge in [0, 0.05) is 10.6 Å². The van der Waals surface area contributed by atoms with Gasteiger partial charge in [-0.25, -0.2) is 4.98 Å². The van der Waals surface area contributed by atoms with Crippen LogP contribution >= 0.6 is 23.2 Å². The highest BCUT2D eigenvalue weighted by atomic mass is 35.5. The van der Waals surface area contributed by atoms with Crippen LogP contribution in [0.3, 0.4) is 0 Å². The van der Waals surface area contributed by atoms with Crippen molar-refractivity contribution in [3.8, 4) is 11.5 Å². The summed E-state index contributed by atoms with van der Waals surface area (Å²) in [6.07, 6.45) is 1.76. The number of nitrogens with zero attached hydrogens (tertiary/aromatic N) is 2. The third kappa shape index (κ3) is 3.94. The third-order valence-corrected chi connectivity index (χ3v) is 4.77. The summed E-state index contributed by atoms with van der Waals surface area (Å²) in [6.45, 7) is 2.42. The van der Waals surface area contributed by atoms with Crippen molar-refractivity contribution in [3.05, 3.63) is 70.2 Å². The molecule has 0 spiro atoms. The Labute approximate surface area is 166 Å². The number of halogens is 2. The van der Waals surface area contributed by atoms with E-state index < -0.39 is 5.79 Å². The number of hydrogen-bond acceptors (Lipinski definition) is 5. The lowest BCUT2D eigenvalue weighted by Crippen LogP contribution is -2.31. The fourth-order valence-electron chi connectivity index (χ4n) is 3.02. The van der Waals surface area contributed by atoms with E-state index in [0.717, 1.165) is 0 Å². The third-order valence-electron chi connectivity index (χ3n) is 4.21. The smallest absolute Gasteiger partial charge is 0.203 e. The van der Waals surface area contributed by atoms with Crippen LogP contribution in [-0.2, 0) is 21.7 Å². The van der Waals surface area contributed by atoms with E-state index in [4.69, 9.17) is 37.4 Å². The van der Waals surface area contributed by atoms with Crippen LogP contribution < -0.4 is 4.74 Å². The van der Waals surface area contributed by atoms with Gasteiger partial charge in [0.2, 0.25) is 5.79 Å². The first-order valence-corrected chi connectivity index (χ1v) is 9.19. The fourth-order valence-corrected chi connectivity index (χ4v) is 3.46. The molecule has 1 fully saturated rings. The Bertz CT molecular complexity index is 918. The van der Waals surface area contributed by atoms with Crippen LogP contribution in [0.2, 0.25) is 10.0 Å². The quantitative estimate of drug-likeness (QED) is 0.663. The highest BCUT2D eigenvalue weighted by molar-refractivity contribution is 6.31. The van der Waals surface area contributed by atoms with Crippen molar-refractivity contribution in [1.82, 2.24) is 15.2 Å². The maximum absolute atomic E-state index is 6.57. The number of hydrogen-bond donors (Lipinski definition) is 1. The van der Waals surface area contributed by atoms with Gasteiger partial charge in [0.05, 0.1) is 24.2 Å². The van der Waals surface area contributed by atoms with E-state index in [1.807, 2.05) is 19.1 Å². The number of rotatable bonds is 5. The van der Waals surface area contributed by atoms with Gasteiger partial charge >= 0.3 is 0 Å². The lowest BCUT2D eigenvalue weighted by Gasteiger charge is -2.28. The van der Waals surface area contributed by atoms with Crippen LogP contribution in [-0.4, -0.2) is 27.9 Å². The highest BCUT2D eigenvalue weighted by Gasteiger charge is 2.44. The number of nitrogens with one attached hydrogen (secondary N) is 1. The molecule has 4 rings (SSSR count). The first-order valence-electron chi connectivity index (χ1n) is 8.43. The van der Waals surface area contributed by atoms with Gasteiger partial charge in [-0.3, -0.25) is 5.10 Å². The average Bonchev–Trinajstić information content (AvgIpc) is 3.28. The molecule has 27 heavy (non-hydrogen) atoms. The maximum atomic E-state index is 6.57. The maximum Gasteiger partial charge on any atom is 0.203 e. The molecule has 0 bridgehead atoms. The van der Waals surface area contributed by atoms with Gasteiger partial charge in [-0.15, -0.1) is 0 Å². The van der Waals surface area contributed by atoms with E-state index in [2.05, 4.69) is 15.2 Å². The van der Waals surface area contributed by atoms with Gasteiger partial charge < -0.3 is 14.2 Å². The van der Waals surface area contributed by atoms with Gasteiger partial charge in [0.1, 0.15) is 23.7 Å². The van der Waals surface area contributed by atoms with Gasteiger partial charge in [-0.1, -0.05) is 23.2 Å². The van der Waals surface area contributed by atoms with Gasteiger partial charge in [0.25, 0.3) is 0 Å². The molecule has 6 nitrogen and oxygen atoms in total. The van der Waals surface area contributed by atoms with Crippen molar-refractivity contribution < 1.29 is 14.2 Å². The number of aromatic amines is 1. The summed E-state index contributed by atoms with van der Waals surface area (Å²) in [7, 11) is 0. The predicted octanol–water partition coefficient (Wildman–Crippen LogP) is 4.73. The second-order valence-corrected chi connectivity index (χ2v) is 7.14. The van der Waals surface area contributed by atoms with E-state index in [1.165, 1.54) is 6.33 Å². The van der Waals surface area contributed by atoms with Crippen molar-refractivity contribution in [1.29, 1.82) is 0 Å². The van der Waals surface area contributed by atoms with Crippen LogP contribution in [0, 0.1) is 0 Å². The molecule has 0 amide bonds. The molecule has 1 aliphatic rings. The molecule has 1 aliphatic heterocycles. The zero-order valence-corrected chi connectivity index (χ0v) is 16.0. The Morgan fingerprint density at radius 1 is 1.19 bits per heavy atom. The topological polar surface area (TPSA) is 69.3 Å². The van der Waals surface area contributed by atoms with E-state index in [9.17, 15) is 0 Å². The highest BCUT2D eigenvalue weighted by Crippen LogP contribution is 2.41. The van der Waals surface area contributed by atoms with Crippen molar-refractivity contribution in [2.24, 2.45) is 0 Å². The van der Waals surface area contributed by atoms with E-state index in [1.54, 1.807) is 30.3 Å². The summed E-state index contributed by atoms with van der Waals surface area (Å²) < 4.78 is 18.0. The van der Waals surface area contributed by atoms with Gasteiger partial charge in [-0.2, -0.15) is 5.10 Å². The molecule has 0 unspecified atom stereocenters. The minimum atomic E-state index is -1.02. The van der Waals surface area contributed by atoms with E-state index in [0.29, 0.717) is 46.0 Å². The molecule has 1 saturated heterocycles. The second kappa shape index (κ2) is 7.48. The van der Waals surface area contributed by atoms with Crippen LogP contribution in [0.1, 0.15) is 18.3 Å². The molecular weight excluding hydrogens is 389 g/mol. The summed E-state index contributed by atoms with van der Waals surface area (Å²) in [5.41, 5.74) is 0.716. The number of aromatic nitrogens is 3. The minimum absolute atomic E-state index is 0.0611. The van der Waals surface area contributed by atoms with Crippen LogP contribution in [0.5, 0.6) is 11.5 Å². The molecule has 140 valence electrons. The monoisotopic (exact) mass is 405 g/mol. The molecule has 2 aromatic carbocycles. The molecule has 2 heterocycles. The Morgan fingerprint density at radius 2 is 1.96 bits per heavy atom. The van der Waals surface area contributed by atoms with Crippen LogP contribution in [0.15, 0.2) is 48.8 Å². The second-order valence-electron chi connectivity index (χ2n) is 6.30.